The van der Waals surface area contributed by atoms with E-state index in [0.717, 1.165) is 10.6 Å². The summed E-state index contributed by atoms with van der Waals surface area (Å²) in [6.45, 7) is 5.04. The van der Waals surface area contributed by atoms with Crippen molar-refractivity contribution in [2.45, 2.75) is 37.9 Å². The fraction of sp³-hybridized carbons (Fsp3) is 0.429. The van der Waals surface area contributed by atoms with Gasteiger partial charge in [-0.2, -0.15) is 0 Å². The minimum absolute atomic E-state index is 0.217. The smallest absolute Gasteiger partial charge is 0.242 e. The molecule has 0 aliphatic carbocycles. The highest BCUT2D eigenvalue weighted by molar-refractivity contribution is 7.89. The third-order valence-corrected chi connectivity index (χ3v) is 5.39. The molecular weight excluding hydrogens is 306 g/mol. The molecule has 0 spiro atoms. The molecule has 0 radical (unpaired) electrons. The summed E-state index contributed by atoms with van der Waals surface area (Å²) >= 11 is 1.54. The predicted molar refractivity (Wildman–Crippen MR) is 85.9 cm³/mol. The molecule has 2 N–H and O–H groups in total. The molecule has 2 aromatic rings. The van der Waals surface area contributed by atoms with Crippen LogP contribution in [0.1, 0.15) is 30.5 Å². The standard InChI is InChI=1S/C14H21N3O2S2/c1-11(2)17-10-14(7-12(17)8-15-3)21(18,19)16-9-13-5-4-6-20-13/h4-7,10-11,15-16H,8-9H2,1-3H3. The summed E-state index contributed by atoms with van der Waals surface area (Å²) in [6.07, 6.45) is 1.70. The number of rotatable bonds is 7. The molecule has 0 amide bonds. The fourth-order valence-electron chi connectivity index (χ4n) is 2.11. The van der Waals surface area contributed by atoms with E-state index in [0.29, 0.717) is 18.0 Å². The van der Waals surface area contributed by atoms with Crippen molar-refractivity contribution in [3.63, 3.8) is 0 Å². The Morgan fingerprint density at radius 2 is 2.10 bits per heavy atom. The van der Waals surface area contributed by atoms with Gasteiger partial charge in [-0.05, 0) is 38.4 Å². The third-order valence-electron chi connectivity index (χ3n) is 3.15. The Hall–Kier alpha value is -1.15. The summed E-state index contributed by atoms with van der Waals surface area (Å²) in [7, 11) is -1.63. The zero-order valence-electron chi connectivity index (χ0n) is 12.5. The van der Waals surface area contributed by atoms with Crippen LogP contribution in [-0.4, -0.2) is 20.0 Å². The molecule has 2 rings (SSSR count). The van der Waals surface area contributed by atoms with E-state index in [9.17, 15) is 8.42 Å². The van der Waals surface area contributed by atoms with E-state index in [-0.39, 0.29) is 6.04 Å². The average Bonchev–Trinajstić information content (AvgIpc) is 3.06. The van der Waals surface area contributed by atoms with Crippen LogP contribution in [0.2, 0.25) is 0 Å². The van der Waals surface area contributed by atoms with Gasteiger partial charge in [0.25, 0.3) is 0 Å². The van der Waals surface area contributed by atoms with E-state index in [2.05, 4.69) is 10.0 Å². The van der Waals surface area contributed by atoms with Gasteiger partial charge in [-0.15, -0.1) is 11.3 Å². The zero-order valence-corrected chi connectivity index (χ0v) is 14.1. The van der Waals surface area contributed by atoms with Crippen molar-refractivity contribution < 1.29 is 8.42 Å². The van der Waals surface area contributed by atoms with Crippen molar-refractivity contribution in [3.05, 3.63) is 40.3 Å². The first-order valence-corrected chi connectivity index (χ1v) is 9.17. The Morgan fingerprint density at radius 3 is 2.67 bits per heavy atom. The molecule has 0 saturated heterocycles. The van der Waals surface area contributed by atoms with Gasteiger partial charge in [-0.25, -0.2) is 13.1 Å². The van der Waals surface area contributed by atoms with E-state index in [1.54, 1.807) is 12.3 Å². The summed E-state index contributed by atoms with van der Waals surface area (Å²) in [4.78, 5) is 1.32. The summed E-state index contributed by atoms with van der Waals surface area (Å²) in [5.41, 5.74) is 0.962. The lowest BCUT2D eigenvalue weighted by Gasteiger charge is -2.11. The molecule has 0 unspecified atom stereocenters. The third kappa shape index (κ3) is 3.94. The van der Waals surface area contributed by atoms with Crippen LogP contribution >= 0.6 is 11.3 Å². The molecular formula is C14H21N3O2S2. The molecule has 0 aromatic carbocycles. The van der Waals surface area contributed by atoms with Gasteiger partial charge in [0, 0.05) is 35.9 Å². The largest absolute Gasteiger partial charge is 0.346 e. The van der Waals surface area contributed by atoms with Crippen LogP contribution in [0.25, 0.3) is 0 Å². The second kappa shape index (κ2) is 6.74. The second-order valence-corrected chi connectivity index (χ2v) is 7.90. The first-order chi connectivity index (χ1) is 9.94. The maximum Gasteiger partial charge on any atom is 0.242 e. The molecule has 0 bridgehead atoms. The maximum absolute atomic E-state index is 12.4. The van der Waals surface area contributed by atoms with E-state index < -0.39 is 10.0 Å². The van der Waals surface area contributed by atoms with Gasteiger partial charge in [0.05, 0.1) is 4.90 Å². The first-order valence-electron chi connectivity index (χ1n) is 6.81. The molecule has 2 heterocycles. The molecule has 0 aliphatic heterocycles. The van der Waals surface area contributed by atoms with Gasteiger partial charge >= 0.3 is 0 Å². The Bertz CT molecular complexity index is 673. The monoisotopic (exact) mass is 327 g/mol. The van der Waals surface area contributed by atoms with E-state index in [4.69, 9.17) is 0 Å². The van der Waals surface area contributed by atoms with Crippen LogP contribution in [0, 0.1) is 0 Å². The number of aromatic nitrogens is 1. The number of thiophene rings is 1. The SMILES string of the molecule is CNCc1cc(S(=O)(=O)NCc2cccs2)cn1C(C)C. The number of hydrogen-bond acceptors (Lipinski definition) is 4. The van der Waals surface area contributed by atoms with Crippen molar-refractivity contribution in [1.29, 1.82) is 0 Å². The highest BCUT2D eigenvalue weighted by Gasteiger charge is 2.19. The molecule has 2 aromatic heterocycles. The lowest BCUT2D eigenvalue weighted by molar-refractivity contribution is 0.561. The normalized spacial score (nSPS) is 12.2. The van der Waals surface area contributed by atoms with Gasteiger partial charge in [-0.1, -0.05) is 6.07 Å². The van der Waals surface area contributed by atoms with Gasteiger partial charge in [0.15, 0.2) is 0 Å². The van der Waals surface area contributed by atoms with Crippen LogP contribution in [0.3, 0.4) is 0 Å². The van der Waals surface area contributed by atoms with Gasteiger partial charge in [0.1, 0.15) is 0 Å². The van der Waals surface area contributed by atoms with Gasteiger partial charge in [0.2, 0.25) is 10.0 Å². The van der Waals surface area contributed by atoms with Crippen LogP contribution in [0.4, 0.5) is 0 Å². The first kappa shape index (κ1) is 16.2. The van der Waals surface area contributed by atoms with Crippen molar-refractivity contribution in [1.82, 2.24) is 14.6 Å². The van der Waals surface area contributed by atoms with Crippen molar-refractivity contribution in [3.8, 4) is 0 Å². The summed E-state index contributed by atoms with van der Waals surface area (Å²) in [6, 6.07) is 5.77. The van der Waals surface area contributed by atoms with Crippen LogP contribution in [0.5, 0.6) is 0 Å². The van der Waals surface area contributed by atoms with Gasteiger partial charge in [-0.3, -0.25) is 0 Å². The minimum atomic E-state index is -3.48. The topological polar surface area (TPSA) is 63.1 Å². The van der Waals surface area contributed by atoms with E-state index in [1.165, 1.54) is 11.3 Å². The Kier molecular flexibility index (Phi) is 5.21. The molecule has 116 valence electrons. The molecule has 7 heteroatoms. The summed E-state index contributed by atoms with van der Waals surface area (Å²) < 4.78 is 29.4. The van der Waals surface area contributed by atoms with Crippen LogP contribution < -0.4 is 10.0 Å². The van der Waals surface area contributed by atoms with Crippen molar-refractivity contribution >= 4 is 21.4 Å². The summed E-state index contributed by atoms with van der Waals surface area (Å²) in [5, 5.41) is 5.00. The minimum Gasteiger partial charge on any atom is -0.346 e. The van der Waals surface area contributed by atoms with Crippen LogP contribution in [0.15, 0.2) is 34.7 Å². The predicted octanol–water partition coefficient (Wildman–Crippen LogP) is 2.33. The molecule has 21 heavy (non-hydrogen) atoms. The van der Waals surface area contributed by atoms with Crippen LogP contribution in [-0.2, 0) is 23.1 Å². The Morgan fingerprint density at radius 1 is 1.33 bits per heavy atom. The fourth-order valence-corrected chi connectivity index (χ4v) is 3.90. The maximum atomic E-state index is 12.4. The average molecular weight is 327 g/mol. The molecule has 0 atom stereocenters. The lowest BCUT2D eigenvalue weighted by atomic mass is 10.3. The van der Waals surface area contributed by atoms with E-state index >= 15 is 0 Å². The number of nitrogens with one attached hydrogen (secondary N) is 2. The highest BCUT2D eigenvalue weighted by atomic mass is 32.2. The zero-order chi connectivity index (χ0) is 15.5. The van der Waals surface area contributed by atoms with Gasteiger partial charge < -0.3 is 9.88 Å². The Labute approximate surface area is 130 Å². The van der Waals surface area contributed by atoms with Crippen molar-refractivity contribution in [2.75, 3.05) is 7.05 Å². The Balaban J connectivity index is 2.21. The second-order valence-electron chi connectivity index (χ2n) is 5.10. The lowest BCUT2D eigenvalue weighted by Crippen LogP contribution is -2.22. The quantitative estimate of drug-likeness (QED) is 0.820. The molecule has 0 aliphatic rings. The molecule has 0 fully saturated rings. The van der Waals surface area contributed by atoms with E-state index in [1.807, 2.05) is 43.0 Å². The number of nitrogens with zero attached hydrogens (tertiary/aromatic N) is 1. The number of hydrogen-bond donors (Lipinski definition) is 2. The molecule has 5 nitrogen and oxygen atoms in total. The number of sulfonamides is 1. The molecule has 0 saturated carbocycles. The highest BCUT2D eigenvalue weighted by Crippen LogP contribution is 2.19. The summed E-state index contributed by atoms with van der Waals surface area (Å²) in [5.74, 6) is 0. The van der Waals surface area contributed by atoms with Crippen molar-refractivity contribution in [2.24, 2.45) is 0 Å².